The average Bonchev–Trinajstić information content (AvgIpc) is 1.97. The Hall–Kier alpha value is -0.220. The van der Waals surface area contributed by atoms with Crippen LogP contribution in [0, 0.1) is 0 Å². The highest BCUT2D eigenvalue weighted by molar-refractivity contribution is 7.99. The molecule has 0 aliphatic rings. The number of carbonyl (C=O) groups is 1. The largest absolute Gasteiger partial charge is 0.345 e. The van der Waals surface area contributed by atoms with E-state index in [0.717, 1.165) is 18.2 Å². The third kappa shape index (κ3) is 6.49. The number of nitrogens with zero attached hydrogens (tertiary/aromatic N) is 2. The minimum absolute atomic E-state index is 0.139. The molecule has 0 aromatic rings. The van der Waals surface area contributed by atoms with Crippen LogP contribution in [0.2, 0.25) is 0 Å². The number of hydrogen-bond donors (Lipinski definition) is 0. The Morgan fingerprint density at radius 2 is 1.92 bits per heavy atom. The van der Waals surface area contributed by atoms with Gasteiger partial charge in [0.1, 0.15) is 0 Å². The summed E-state index contributed by atoms with van der Waals surface area (Å²) >= 11 is 1.84. The Bertz CT molecular complexity index is 139. The summed E-state index contributed by atoms with van der Waals surface area (Å²) in [6.07, 6.45) is 0. The van der Waals surface area contributed by atoms with E-state index in [1.54, 1.807) is 11.8 Å². The van der Waals surface area contributed by atoms with Gasteiger partial charge in [-0.05, 0) is 14.1 Å². The summed E-state index contributed by atoms with van der Waals surface area (Å²) < 4.78 is 0. The second kappa shape index (κ2) is 6.31. The van der Waals surface area contributed by atoms with Gasteiger partial charge in [0.15, 0.2) is 0 Å². The van der Waals surface area contributed by atoms with Gasteiger partial charge in [0.25, 0.3) is 0 Å². The van der Waals surface area contributed by atoms with Crippen molar-refractivity contribution in [3.05, 3.63) is 0 Å². The van der Waals surface area contributed by atoms with Crippen LogP contribution in [-0.4, -0.2) is 55.0 Å². The van der Waals surface area contributed by atoms with E-state index in [9.17, 15) is 4.79 Å². The summed E-state index contributed by atoms with van der Waals surface area (Å²) in [5, 5.41) is 0. The van der Waals surface area contributed by atoms with Crippen molar-refractivity contribution in [1.82, 2.24) is 9.80 Å². The van der Waals surface area contributed by atoms with Crippen molar-refractivity contribution >= 4 is 17.7 Å². The quantitative estimate of drug-likeness (QED) is 0.471. The molecule has 0 unspecified atom stereocenters. The van der Waals surface area contributed by atoms with E-state index < -0.39 is 0 Å². The zero-order valence-corrected chi connectivity index (χ0v) is 9.15. The minimum Gasteiger partial charge on any atom is -0.345 e. The molecular formula is C8H18N2OS. The molecule has 0 aromatic carbocycles. The van der Waals surface area contributed by atoms with Crippen LogP contribution in [0.1, 0.15) is 6.92 Å². The standard InChI is InChI=1S/C8H18N2OS/c1-8(11)10(4)5-6-12-7-9(2)3/h5-7H2,1-4H3. The van der Waals surface area contributed by atoms with Gasteiger partial charge in [-0.25, -0.2) is 0 Å². The van der Waals surface area contributed by atoms with E-state index in [1.165, 1.54) is 0 Å². The van der Waals surface area contributed by atoms with Crippen LogP contribution in [-0.2, 0) is 4.79 Å². The van der Waals surface area contributed by atoms with Crippen LogP contribution in [0.5, 0.6) is 0 Å². The Morgan fingerprint density at radius 3 is 2.33 bits per heavy atom. The van der Waals surface area contributed by atoms with Crippen molar-refractivity contribution in [3.63, 3.8) is 0 Å². The molecule has 0 saturated heterocycles. The van der Waals surface area contributed by atoms with Crippen molar-refractivity contribution in [2.45, 2.75) is 6.92 Å². The van der Waals surface area contributed by atoms with Crippen LogP contribution >= 0.6 is 11.8 Å². The van der Waals surface area contributed by atoms with E-state index in [0.29, 0.717) is 0 Å². The summed E-state index contributed by atoms with van der Waals surface area (Å²) in [5.41, 5.74) is 0. The fraction of sp³-hybridized carbons (Fsp3) is 0.875. The predicted octanol–water partition coefficient (Wildman–Crippen LogP) is 0.717. The van der Waals surface area contributed by atoms with Gasteiger partial charge >= 0.3 is 0 Å². The number of thioether (sulfide) groups is 1. The molecule has 1 amide bonds. The summed E-state index contributed by atoms with van der Waals surface area (Å²) in [6, 6.07) is 0. The number of carbonyl (C=O) groups excluding carboxylic acids is 1. The molecule has 12 heavy (non-hydrogen) atoms. The van der Waals surface area contributed by atoms with Gasteiger partial charge < -0.3 is 9.80 Å². The first-order chi connectivity index (χ1) is 5.54. The van der Waals surface area contributed by atoms with Crippen molar-refractivity contribution in [3.8, 4) is 0 Å². The molecule has 0 rings (SSSR count). The van der Waals surface area contributed by atoms with Crippen LogP contribution in [0.25, 0.3) is 0 Å². The van der Waals surface area contributed by atoms with Gasteiger partial charge in [0.2, 0.25) is 5.91 Å². The molecule has 0 spiro atoms. The van der Waals surface area contributed by atoms with E-state index in [4.69, 9.17) is 0 Å². The smallest absolute Gasteiger partial charge is 0.219 e. The van der Waals surface area contributed by atoms with Gasteiger partial charge in [0.05, 0.1) is 0 Å². The second-order valence-electron chi connectivity index (χ2n) is 3.06. The van der Waals surface area contributed by atoms with Gasteiger partial charge in [-0.3, -0.25) is 4.79 Å². The molecule has 0 fully saturated rings. The molecule has 0 aliphatic heterocycles. The molecule has 4 heteroatoms. The van der Waals surface area contributed by atoms with Crippen LogP contribution in [0.3, 0.4) is 0 Å². The topological polar surface area (TPSA) is 23.6 Å². The Labute approximate surface area is 79.1 Å². The first-order valence-corrected chi connectivity index (χ1v) is 5.13. The first kappa shape index (κ1) is 11.8. The number of amides is 1. The highest BCUT2D eigenvalue weighted by Crippen LogP contribution is 2.00. The highest BCUT2D eigenvalue weighted by atomic mass is 32.2. The Balaban J connectivity index is 3.25. The molecular weight excluding hydrogens is 172 g/mol. The van der Waals surface area contributed by atoms with Crippen molar-refractivity contribution in [2.75, 3.05) is 39.3 Å². The fourth-order valence-electron chi connectivity index (χ4n) is 0.606. The van der Waals surface area contributed by atoms with Gasteiger partial charge in [-0.1, -0.05) is 0 Å². The van der Waals surface area contributed by atoms with Gasteiger partial charge in [-0.2, -0.15) is 0 Å². The third-order valence-corrected chi connectivity index (χ3v) is 2.63. The summed E-state index contributed by atoms with van der Waals surface area (Å²) in [4.78, 5) is 14.6. The molecule has 0 bridgehead atoms. The van der Waals surface area contributed by atoms with Crippen molar-refractivity contribution in [2.24, 2.45) is 0 Å². The molecule has 0 N–H and O–H groups in total. The first-order valence-electron chi connectivity index (χ1n) is 3.98. The normalized spacial score (nSPS) is 10.4. The lowest BCUT2D eigenvalue weighted by atomic mass is 10.5. The van der Waals surface area contributed by atoms with Gasteiger partial charge in [0, 0.05) is 32.1 Å². The maximum atomic E-state index is 10.8. The molecule has 0 aliphatic carbocycles. The van der Waals surface area contributed by atoms with E-state index in [1.807, 2.05) is 32.9 Å². The molecule has 0 aromatic heterocycles. The molecule has 0 atom stereocenters. The van der Waals surface area contributed by atoms with E-state index >= 15 is 0 Å². The van der Waals surface area contributed by atoms with Gasteiger partial charge in [-0.15, -0.1) is 11.8 Å². The lowest BCUT2D eigenvalue weighted by molar-refractivity contribution is -0.127. The maximum Gasteiger partial charge on any atom is 0.219 e. The SMILES string of the molecule is CC(=O)N(C)CCSCN(C)C. The van der Waals surface area contributed by atoms with Crippen molar-refractivity contribution < 1.29 is 4.79 Å². The second-order valence-corrected chi connectivity index (χ2v) is 4.13. The summed E-state index contributed by atoms with van der Waals surface area (Å²) in [6.45, 7) is 2.43. The summed E-state index contributed by atoms with van der Waals surface area (Å²) in [7, 11) is 5.92. The average molecular weight is 190 g/mol. The van der Waals surface area contributed by atoms with Crippen LogP contribution < -0.4 is 0 Å². The van der Waals surface area contributed by atoms with Crippen molar-refractivity contribution in [1.29, 1.82) is 0 Å². The fourth-order valence-corrected chi connectivity index (χ4v) is 1.50. The number of hydrogen-bond acceptors (Lipinski definition) is 3. The zero-order chi connectivity index (χ0) is 9.56. The molecule has 0 saturated carbocycles. The zero-order valence-electron chi connectivity index (χ0n) is 8.33. The lowest BCUT2D eigenvalue weighted by Crippen LogP contribution is -2.26. The molecule has 0 radical (unpaired) electrons. The minimum atomic E-state index is 0.139. The van der Waals surface area contributed by atoms with E-state index in [-0.39, 0.29) is 5.91 Å². The van der Waals surface area contributed by atoms with E-state index in [2.05, 4.69) is 4.90 Å². The predicted molar refractivity (Wildman–Crippen MR) is 54.3 cm³/mol. The molecule has 0 heterocycles. The van der Waals surface area contributed by atoms with Crippen LogP contribution in [0.4, 0.5) is 0 Å². The third-order valence-electron chi connectivity index (χ3n) is 1.46. The van der Waals surface area contributed by atoms with Crippen LogP contribution in [0.15, 0.2) is 0 Å². The molecule has 72 valence electrons. The summed E-state index contributed by atoms with van der Waals surface area (Å²) in [5.74, 6) is 2.17. The highest BCUT2D eigenvalue weighted by Gasteiger charge is 2.00. The maximum absolute atomic E-state index is 10.8. The lowest BCUT2D eigenvalue weighted by Gasteiger charge is -2.15. The molecule has 3 nitrogen and oxygen atoms in total. The monoisotopic (exact) mass is 190 g/mol. The Kier molecular flexibility index (Phi) is 6.20. The number of rotatable bonds is 5. The Morgan fingerprint density at radius 1 is 1.33 bits per heavy atom.